The number of rotatable bonds is 6. The topological polar surface area (TPSA) is 61.9 Å². The van der Waals surface area contributed by atoms with Gasteiger partial charge in [-0.25, -0.2) is 0 Å². The number of nitrogens with one attached hydrogen (secondary N) is 1. The van der Waals surface area contributed by atoms with E-state index in [-0.39, 0.29) is 24.7 Å². The maximum atomic E-state index is 12.9. The minimum Gasteiger partial charge on any atom is -0.497 e. The molecule has 2 amide bonds. The van der Waals surface area contributed by atoms with Crippen LogP contribution in [0, 0.1) is 0 Å². The molecule has 152 valence electrons. The van der Waals surface area contributed by atoms with Crippen molar-refractivity contribution in [3.8, 4) is 5.75 Å². The van der Waals surface area contributed by atoms with Crippen molar-refractivity contribution >= 4 is 23.2 Å². The largest absolute Gasteiger partial charge is 0.497 e. The molecule has 6 heteroatoms. The van der Waals surface area contributed by atoms with Crippen LogP contribution in [0.2, 0.25) is 0 Å². The Kier molecular flexibility index (Phi) is 5.69. The van der Waals surface area contributed by atoms with Crippen molar-refractivity contribution in [3.05, 3.63) is 54.1 Å². The molecule has 1 fully saturated rings. The first kappa shape index (κ1) is 19.3. The summed E-state index contributed by atoms with van der Waals surface area (Å²) in [6, 6.07) is 16.1. The van der Waals surface area contributed by atoms with Gasteiger partial charge in [0.15, 0.2) is 0 Å². The molecule has 0 bridgehead atoms. The highest BCUT2D eigenvalue weighted by Gasteiger charge is 2.35. The number of carbonyl (C=O) groups is 2. The lowest BCUT2D eigenvalue weighted by molar-refractivity contribution is -0.125. The van der Waals surface area contributed by atoms with Gasteiger partial charge in [-0.3, -0.25) is 9.59 Å². The Morgan fingerprint density at radius 2 is 1.93 bits per heavy atom. The first-order chi connectivity index (χ1) is 14.2. The fraction of sp³-hybridized carbons (Fsp3) is 0.391. The number of methoxy groups -OCH3 is 1. The lowest BCUT2D eigenvalue weighted by atomic mass is 10.1. The summed E-state index contributed by atoms with van der Waals surface area (Å²) in [5, 5.41) is 2.89. The Morgan fingerprint density at radius 1 is 1.10 bits per heavy atom. The molecule has 0 spiro atoms. The van der Waals surface area contributed by atoms with Crippen molar-refractivity contribution < 1.29 is 14.3 Å². The zero-order chi connectivity index (χ0) is 20.2. The average molecular weight is 393 g/mol. The Bertz CT molecular complexity index is 898. The van der Waals surface area contributed by atoms with Gasteiger partial charge in [-0.2, -0.15) is 0 Å². The summed E-state index contributed by atoms with van der Waals surface area (Å²) in [7, 11) is 1.62. The molecule has 2 aliphatic heterocycles. The van der Waals surface area contributed by atoms with E-state index in [0.717, 1.165) is 42.1 Å². The van der Waals surface area contributed by atoms with Gasteiger partial charge in [-0.1, -0.05) is 24.3 Å². The lowest BCUT2D eigenvalue weighted by Crippen LogP contribution is -2.48. The minimum atomic E-state index is -0.117. The van der Waals surface area contributed by atoms with E-state index in [1.165, 1.54) is 0 Å². The summed E-state index contributed by atoms with van der Waals surface area (Å²) in [4.78, 5) is 29.5. The third-order valence-corrected chi connectivity index (χ3v) is 5.74. The zero-order valence-corrected chi connectivity index (χ0v) is 16.8. The minimum absolute atomic E-state index is 0.0144. The number of carbonyl (C=O) groups excluding carboxylic acids is 2. The van der Waals surface area contributed by atoms with Crippen molar-refractivity contribution in [2.45, 2.75) is 38.3 Å². The van der Waals surface area contributed by atoms with Crippen LogP contribution in [0.5, 0.6) is 5.75 Å². The van der Waals surface area contributed by atoms with Crippen molar-refractivity contribution in [2.24, 2.45) is 0 Å². The maximum Gasteiger partial charge on any atom is 0.227 e. The molecule has 0 aromatic heterocycles. The number of nitrogens with zero attached hydrogens (tertiary/aromatic N) is 2. The molecule has 2 heterocycles. The molecule has 2 aromatic rings. The summed E-state index contributed by atoms with van der Waals surface area (Å²) >= 11 is 0. The fourth-order valence-corrected chi connectivity index (χ4v) is 4.25. The molecule has 0 aliphatic carbocycles. The molecule has 1 N–H and O–H groups in total. The van der Waals surface area contributed by atoms with Gasteiger partial charge in [0.25, 0.3) is 0 Å². The van der Waals surface area contributed by atoms with E-state index in [4.69, 9.17) is 4.74 Å². The van der Waals surface area contributed by atoms with Crippen molar-refractivity contribution in [1.29, 1.82) is 0 Å². The van der Waals surface area contributed by atoms with Crippen LogP contribution in [-0.2, 0) is 16.1 Å². The van der Waals surface area contributed by atoms with Crippen molar-refractivity contribution in [2.75, 3.05) is 30.0 Å². The summed E-state index contributed by atoms with van der Waals surface area (Å²) in [6.45, 7) is 2.19. The maximum absolute atomic E-state index is 12.9. The van der Waals surface area contributed by atoms with E-state index in [0.29, 0.717) is 19.1 Å². The van der Waals surface area contributed by atoms with E-state index >= 15 is 0 Å². The van der Waals surface area contributed by atoms with E-state index in [9.17, 15) is 9.59 Å². The van der Waals surface area contributed by atoms with E-state index in [1.807, 2.05) is 47.4 Å². The highest BCUT2D eigenvalue weighted by Crippen LogP contribution is 2.39. The number of hydrogen-bond acceptors (Lipinski definition) is 4. The molecule has 29 heavy (non-hydrogen) atoms. The SMILES string of the molecule is COc1cccc(CNC(=O)CCC(=O)N2CC3CCCN3c3ccccc32)c1. The highest BCUT2D eigenvalue weighted by molar-refractivity contribution is 5.99. The van der Waals surface area contributed by atoms with Gasteiger partial charge in [0, 0.05) is 38.5 Å². The number of fused-ring (bicyclic) bond motifs is 3. The van der Waals surface area contributed by atoms with Crippen LogP contribution < -0.4 is 19.9 Å². The molecule has 1 saturated heterocycles. The van der Waals surface area contributed by atoms with Crippen molar-refractivity contribution in [3.63, 3.8) is 0 Å². The molecule has 0 saturated carbocycles. The normalized spacial score (nSPS) is 17.5. The van der Waals surface area contributed by atoms with E-state index in [2.05, 4.69) is 16.3 Å². The van der Waals surface area contributed by atoms with Crippen LogP contribution in [0.4, 0.5) is 11.4 Å². The molecule has 1 atom stereocenters. The Hall–Kier alpha value is -3.02. The smallest absolute Gasteiger partial charge is 0.227 e. The monoisotopic (exact) mass is 393 g/mol. The second-order valence-electron chi connectivity index (χ2n) is 7.61. The Labute approximate surface area is 171 Å². The molecule has 0 radical (unpaired) electrons. The second kappa shape index (κ2) is 8.55. The summed E-state index contributed by atoms with van der Waals surface area (Å²) in [5.74, 6) is 0.658. The number of benzene rings is 2. The lowest BCUT2D eigenvalue weighted by Gasteiger charge is -2.40. The van der Waals surface area contributed by atoms with Crippen LogP contribution in [0.1, 0.15) is 31.2 Å². The first-order valence-corrected chi connectivity index (χ1v) is 10.2. The fourth-order valence-electron chi connectivity index (χ4n) is 4.25. The summed E-state index contributed by atoms with van der Waals surface area (Å²) < 4.78 is 5.20. The number of amides is 2. The van der Waals surface area contributed by atoms with Gasteiger partial charge >= 0.3 is 0 Å². The Morgan fingerprint density at radius 3 is 2.76 bits per heavy atom. The summed E-state index contributed by atoms with van der Waals surface area (Å²) in [6.07, 6.45) is 2.67. The quantitative estimate of drug-likeness (QED) is 0.819. The number of para-hydroxylation sites is 2. The van der Waals surface area contributed by atoms with Crippen LogP contribution >= 0.6 is 0 Å². The van der Waals surface area contributed by atoms with Crippen molar-refractivity contribution in [1.82, 2.24) is 5.32 Å². The van der Waals surface area contributed by atoms with Gasteiger partial charge in [-0.05, 0) is 42.7 Å². The van der Waals surface area contributed by atoms with Crippen LogP contribution in [0.15, 0.2) is 48.5 Å². The van der Waals surface area contributed by atoms with Gasteiger partial charge in [0.1, 0.15) is 5.75 Å². The summed E-state index contributed by atoms with van der Waals surface area (Å²) in [5.41, 5.74) is 3.07. The predicted molar refractivity (Wildman–Crippen MR) is 113 cm³/mol. The van der Waals surface area contributed by atoms with E-state index in [1.54, 1.807) is 7.11 Å². The standard InChI is InChI=1S/C23H27N3O3/c1-29-19-8-4-6-17(14-19)15-24-22(27)11-12-23(28)26-16-18-7-5-13-25(18)20-9-2-3-10-21(20)26/h2-4,6,8-10,14,18H,5,7,11-13,15-16H2,1H3,(H,24,27). The Balaban J connectivity index is 1.33. The first-order valence-electron chi connectivity index (χ1n) is 10.2. The molecule has 4 rings (SSSR count). The van der Waals surface area contributed by atoms with E-state index < -0.39 is 0 Å². The molecule has 1 unspecified atom stereocenters. The van der Waals surface area contributed by atoms with Crippen LogP contribution in [0.25, 0.3) is 0 Å². The molecular formula is C23H27N3O3. The molecular weight excluding hydrogens is 366 g/mol. The van der Waals surface area contributed by atoms with Gasteiger partial charge in [0.2, 0.25) is 11.8 Å². The predicted octanol–water partition coefficient (Wildman–Crippen LogP) is 3.11. The van der Waals surface area contributed by atoms with Crippen LogP contribution in [-0.4, -0.2) is 38.1 Å². The number of hydrogen-bond donors (Lipinski definition) is 1. The third kappa shape index (κ3) is 4.21. The zero-order valence-electron chi connectivity index (χ0n) is 16.8. The third-order valence-electron chi connectivity index (χ3n) is 5.74. The van der Waals surface area contributed by atoms with Gasteiger partial charge in [-0.15, -0.1) is 0 Å². The second-order valence-corrected chi connectivity index (χ2v) is 7.61. The molecule has 6 nitrogen and oxygen atoms in total. The average Bonchev–Trinajstić information content (AvgIpc) is 3.24. The van der Waals surface area contributed by atoms with Crippen LogP contribution in [0.3, 0.4) is 0 Å². The highest BCUT2D eigenvalue weighted by atomic mass is 16.5. The molecule has 2 aliphatic rings. The number of ether oxygens (including phenoxy) is 1. The number of anilines is 2. The molecule has 2 aromatic carbocycles. The van der Waals surface area contributed by atoms with Gasteiger partial charge < -0.3 is 19.9 Å². The van der Waals surface area contributed by atoms with Gasteiger partial charge in [0.05, 0.1) is 18.5 Å².